The fourth-order valence-electron chi connectivity index (χ4n) is 2.82. The molecule has 0 amide bonds. The van der Waals surface area contributed by atoms with Crippen LogP contribution in [0.1, 0.15) is 24.0 Å². The fourth-order valence-corrected chi connectivity index (χ4v) is 2.82. The molecule has 4 N–H and O–H groups in total. The van der Waals surface area contributed by atoms with Crippen molar-refractivity contribution in [1.29, 1.82) is 0 Å². The molecule has 2 aromatic carbocycles. The van der Waals surface area contributed by atoms with Gasteiger partial charge < -0.3 is 25.7 Å². The summed E-state index contributed by atoms with van der Waals surface area (Å²) in [5.41, 5.74) is 13.3. The Labute approximate surface area is 170 Å². The van der Waals surface area contributed by atoms with Crippen molar-refractivity contribution in [3.8, 4) is 17.2 Å². The molecule has 0 aliphatic heterocycles. The smallest absolute Gasteiger partial charge is 0.221 e. The van der Waals surface area contributed by atoms with E-state index >= 15 is 0 Å². The number of hydrogen-bond donors (Lipinski definition) is 2. The maximum Gasteiger partial charge on any atom is 0.221 e. The molecule has 1 aromatic heterocycles. The average Bonchev–Trinajstić information content (AvgIpc) is 2.74. The van der Waals surface area contributed by atoms with Crippen molar-refractivity contribution in [1.82, 2.24) is 9.97 Å². The van der Waals surface area contributed by atoms with Crippen molar-refractivity contribution < 1.29 is 14.2 Å². The van der Waals surface area contributed by atoms with E-state index in [-0.39, 0.29) is 5.95 Å². The van der Waals surface area contributed by atoms with Gasteiger partial charge in [0.25, 0.3) is 0 Å². The van der Waals surface area contributed by atoms with Crippen molar-refractivity contribution in [3.63, 3.8) is 0 Å². The van der Waals surface area contributed by atoms with Gasteiger partial charge in [-0.15, -0.1) is 0 Å². The number of nitrogen functional groups attached to an aromatic ring is 2. The lowest BCUT2D eigenvalue weighted by molar-refractivity contribution is 0.258. The first kappa shape index (κ1) is 20.3. The molecule has 3 rings (SSSR count). The largest absolute Gasteiger partial charge is 0.494 e. The zero-order valence-corrected chi connectivity index (χ0v) is 16.5. The predicted octanol–water partition coefficient (Wildman–Crippen LogP) is 3.48. The molecule has 7 heteroatoms. The Kier molecular flexibility index (Phi) is 7.10. The molecule has 0 radical (unpaired) electrons. The molecule has 0 unspecified atom stereocenters. The van der Waals surface area contributed by atoms with E-state index in [0.29, 0.717) is 37.0 Å². The van der Waals surface area contributed by atoms with E-state index < -0.39 is 0 Å². The minimum Gasteiger partial charge on any atom is -0.494 e. The predicted molar refractivity (Wildman–Crippen MR) is 113 cm³/mol. The molecule has 0 atom stereocenters. The monoisotopic (exact) mass is 394 g/mol. The van der Waals surface area contributed by atoms with Crippen molar-refractivity contribution in [2.24, 2.45) is 0 Å². The molecule has 152 valence electrons. The lowest BCUT2D eigenvalue weighted by atomic mass is 10.1. The quantitative estimate of drug-likeness (QED) is 0.507. The topological polar surface area (TPSA) is 106 Å². The molecule has 29 heavy (non-hydrogen) atoms. The van der Waals surface area contributed by atoms with Crippen molar-refractivity contribution in [3.05, 3.63) is 65.9 Å². The number of benzene rings is 2. The van der Waals surface area contributed by atoms with Gasteiger partial charge in [0.15, 0.2) is 11.5 Å². The van der Waals surface area contributed by atoms with Crippen LogP contribution in [0.25, 0.3) is 0 Å². The molecule has 0 bridgehead atoms. The molecule has 0 spiro atoms. The SMILES string of the molecule is COc1cc(Cc2cnc(N)nc2N)ccc1OCCCCOc1ccccc1. The summed E-state index contributed by atoms with van der Waals surface area (Å²) in [5.74, 6) is 2.83. The number of anilines is 2. The van der Waals surface area contributed by atoms with E-state index in [1.165, 1.54) is 0 Å². The van der Waals surface area contributed by atoms with Crippen LogP contribution >= 0.6 is 0 Å². The molecule has 0 saturated heterocycles. The normalized spacial score (nSPS) is 10.5. The molecular formula is C22H26N4O3. The number of rotatable bonds is 10. The number of aromatic nitrogens is 2. The zero-order valence-electron chi connectivity index (χ0n) is 16.5. The van der Waals surface area contributed by atoms with Gasteiger partial charge in [0.1, 0.15) is 11.6 Å². The summed E-state index contributed by atoms with van der Waals surface area (Å²) in [6, 6.07) is 15.6. The van der Waals surface area contributed by atoms with Gasteiger partial charge in [-0.1, -0.05) is 24.3 Å². The second kappa shape index (κ2) is 10.2. The molecule has 0 saturated carbocycles. The first-order valence-corrected chi connectivity index (χ1v) is 9.50. The minimum absolute atomic E-state index is 0.168. The minimum atomic E-state index is 0.168. The van der Waals surface area contributed by atoms with Crippen LogP contribution in [0.5, 0.6) is 17.2 Å². The number of para-hydroxylation sites is 1. The van der Waals surface area contributed by atoms with E-state index in [2.05, 4.69) is 9.97 Å². The summed E-state index contributed by atoms with van der Waals surface area (Å²) in [6.07, 6.45) is 4.02. The van der Waals surface area contributed by atoms with Gasteiger partial charge in [0, 0.05) is 18.2 Å². The second-order valence-corrected chi connectivity index (χ2v) is 6.52. The third kappa shape index (κ3) is 6.00. The Morgan fingerprint density at radius 2 is 1.66 bits per heavy atom. The molecule has 0 aliphatic carbocycles. The number of methoxy groups -OCH3 is 1. The number of nitrogens with zero attached hydrogens (tertiary/aromatic N) is 2. The Hall–Kier alpha value is -3.48. The van der Waals surface area contributed by atoms with Gasteiger partial charge in [0.05, 0.1) is 20.3 Å². The molecular weight excluding hydrogens is 368 g/mol. The number of nitrogens with two attached hydrogens (primary N) is 2. The summed E-state index contributed by atoms with van der Waals surface area (Å²) in [5, 5.41) is 0. The first-order chi connectivity index (χ1) is 14.2. The standard InChI is InChI=1S/C22H26N4O3/c1-27-20-14-16(13-17-15-25-22(24)26-21(17)23)9-10-19(20)29-12-6-5-11-28-18-7-3-2-4-8-18/h2-4,7-10,14-15H,5-6,11-13H2,1H3,(H4,23,24,25,26). The summed E-state index contributed by atoms with van der Waals surface area (Å²) in [6.45, 7) is 1.25. The highest BCUT2D eigenvalue weighted by molar-refractivity contribution is 5.48. The van der Waals surface area contributed by atoms with Crippen LogP contribution in [-0.2, 0) is 6.42 Å². The van der Waals surface area contributed by atoms with Crippen LogP contribution in [0.4, 0.5) is 11.8 Å². The van der Waals surface area contributed by atoms with Crippen molar-refractivity contribution in [2.45, 2.75) is 19.3 Å². The maximum absolute atomic E-state index is 5.92. The van der Waals surface area contributed by atoms with Gasteiger partial charge in [-0.25, -0.2) is 4.98 Å². The molecule has 3 aromatic rings. The van der Waals surface area contributed by atoms with Crippen LogP contribution in [0.3, 0.4) is 0 Å². The summed E-state index contributed by atoms with van der Waals surface area (Å²) >= 11 is 0. The van der Waals surface area contributed by atoms with Gasteiger partial charge in [-0.05, 0) is 42.7 Å². The summed E-state index contributed by atoms with van der Waals surface area (Å²) in [7, 11) is 1.63. The highest BCUT2D eigenvalue weighted by atomic mass is 16.5. The van der Waals surface area contributed by atoms with Gasteiger partial charge in [0.2, 0.25) is 5.95 Å². The van der Waals surface area contributed by atoms with E-state index in [0.717, 1.165) is 29.7 Å². The molecule has 0 aliphatic rings. The van der Waals surface area contributed by atoms with E-state index in [1.54, 1.807) is 13.3 Å². The highest BCUT2D eigenvalue weighted by Crippen LogP contribution is 2.29. The lowest BCUT2D eigenvalue weighted by Crippen LogP contribution is -2.05. The van der Waals surface area contributed by atoms with Crippen LogP contribution in [0.2, 0.25) is 0 Å². The average molecular weight is 394 g/mol. The lowest BCUT2D eigenvalue weighted by Gasteiger charge is -2.13. The Balaban J connectivity index is 1.48. The van der Waals surface area contributed by atoms with Gasteiger partial charge in [-0.3, -0.25) is 0 Å². The third-order valence-corrected chi connectivity index (χ3v) is 4.35. The zero-order chi connectivity index (χ0) is 20.5. The summed E-state index contributed by atoms with van der Waals surface area (Å²) in [4.78, 5) is 7.99. The summed E-state index contributed by atoms with van der Waals surface area (Å²) < 4.78 is 17.0. The molecule has 7 nitrogen and oxygen atoms in total. The van der Waals surface area contributed by atoms with Gasteiger partial charge >= 0.3 is 0 Å². The van der Waals surface area contributed by atoms with Crippen molar-refractivity contribution >= 4 is 11.8 Å². The van der Waals surface area contributed by atoms with Crippen LogP contribution in [0, 0.1) is 0 Å². The Morgan fingerprint density at radius 3 is 2.38 bits per heavy atom. The first-order valence-electron chi connectivity index (χ1n) is 9.50. The highest BCUT2D eigenvalue weighted by Gasteiger charge is 2.09. The van der Waals surface area contributed by atoms with E-state index in [4.69, 9.17) is 25.7 Å². The maximum atomic E-state index is 5.92. The van der Waals surface area contributed by atoms with Crippen LogP contribution in [0.15, 0.2) is 54.7 Å². The van der Waals surface area contributed by atoms with E-state index in [1.807, 2.05) is 48.5 Å². The molecule has 1 heterocycles. The number of hydrogen-bond acceptors (Lipinski definition) is 7. The van der Waals surface area contributed by atoms with E-state index in [9.17, 15) is 0 Å². The number of ether oxygens (including phenoxy) is 3. The van der Waals surface area contributed by atoms with Crippen LogP contribution in [-0.4, -0.2) is 30.3 Å². The second-order valence-electron chi connectivity index (χ2n) is 6.52. The number of unbranched alkanes of at least 4 members (excludes halogenated alkanes) is 1. The van der Waals surface area contributed by atoms with Crippen molar-refractivity contribution in [2.75, 3.05) is 31.8 Å². The molecule has 0 fully saturated rings. The Bertz CT molecular complexity index is 919. The Morgan fingerprint density at radius 1 is 0.897 bits per heavy atom. The van der Waals surface area contributed by atoms with Crippen LogP contribution < -0.4 is 25.7 Å². The fraction of sp³-hybridized carbons (Fsp3) is 0.273. The third-order valence-electron chi connectivity index (χ3n) is 4.35. The van der Waals surface area contributed by atoms with Gasteiger partial charge in [-0.2, -0.15) is 4.98 Å².